The van der Waals surface area contributed by atoms with E-state index in [9.17, 15) is 43.2 Å². The second kappa shape index (κ2) is 23.1. The number of aliphatic imine (C=N–C) groups is 1. The molecule has 22 heteroatoms. The number of carboxylic acids is 1. The molecule has 0 aromatic rings. The van der Waals surface area contributed by atoms with Crippen molar-refractivity contribution < 1.29 is 48.3 Å². The van der Waals surface area contributed by atoms with Gasteiger partial charge in [-0.15, -0.1) is 0 Å². The Balaban J connectivity index is 2.92. The number of nitrogens with one attached hydrogen (secondary N) is 7. The normalized spacial score (nSPS) is 15.3. The lowest BCUT2D eigenvalue weighted by Gasteiger charge is -2.28. The molecule has 4 unspecified atom stereocenters. The van der Waals surface area contributed by atoms with Crippen molar-refractivity contribution in [2.24, 2.45) is 34.0 Å². The molecule has 0 aliphatic carbocycles. The van der Waals surface area contributed by atoms with Gasteiger partial charge in [-0.3, -0.25) is 48.1 Å². The van der Waals surface area contributed by atoms with Gasteiger partial charge in [0.05, 0.1) is 26.2 Å². The number of carbonyl (C=O) groups is 9. The first-order valence-corrected chi connectivity index (χ1v) is 17.1. The summed E-state index contributed by atoms with van der Waals surface area (Å²) in [6.07, 6.45) is 1.28. The molecule has 1 rings (SSSR count). The predicted molar refractivity (Wildman–Crippen MR) is 189 cm³/mol. The van der Waals surface area contributed by atoms with Crippen LogP contribution in [0.15, 0.2) is 4.99 Å². The van der Waals surface area contributed by atoms with Gasteiger partial charge in [0, 0.05) is 13.1 Å². The fourth-order valence-electron chi connectivity index (χ4n) is 5.08. The summed E-state index contributed by atoms with van der Waals surface area (Å²) in [7, 11) is 0. The summed E-state index contributed by atoms with van der Waals surface area (Å²) >= 11 is 0. The van der Waals surface area contributed by atoms with Crippen LogP contribution in [-0.2, 0) is 43.2 Å². The molecule has 4 atom stereocenters. The van der Waals surface area contributed by atoms with Crippen LogP contribution in [0, 0.1) is 11.8 Å². The lowest BCUT2D eigenvalue weighted by molar-refractivity contribution is -0.138. The third-order valence-electron chi connectivity index (χ3n) is 7.87. The van der Waals surface area contributed by atoms with E-state index in [4.69, 9.17) is 22.3 Å². The van der Waals surface area contributed by atoms with Crippen molar-refractivity contribution >= 4 is 59.2 Å². The van der Waals surface area contributed by atoms with Gasteiger partial charge in [0.2, 0.25) is 47.3 Å². The SMILES string of the molecule is CC(C)C(NC(=O)C(CCCN=C(N)N)NC(=O)CNC(=O)C1CCCN1C(=O)CN)C(=O)NC(C(=O)NCC(=O)NCC(=O)NCC(=O)O)C(C)C. The minimum Gasteiger partial charge on any atom is -0.480 e. The molecule has 22 nitrogen and oxygen atoms in total. The van der Waals surface area contributed by atoms with Crippen molar-refractivity contribution in [1.82, 2.24) is 42.1 Å². The fraction of sp³-hybridized carbons (Fsp3) is 0.677. The molecule has 0 aromatic carbocycles. The molecule has 8 amide bonds. The summed E-state index contributed by atoms with van der Waals surface area (Å²) in [4.78, 5) is 117. The molecule has 1 saturated heterocycles. The van der Waals surface area contributed by atoms with E-state index in [2.05, 4.69) is 42.2 Å². The van der Waals surface area contributed by atoms with Crippen molar-refractivity contribution in [1.29, 1.82) is 0 Å². The second-order valence-electron chi connectivity index (χ2n) is 12.9. The monoisotopic (exact) mass is 754 g/mol. The Kier molecular flexibility index (Phi) is 19.8. The molecule has 14 N–H and O–H groups in total. The van der Waals surface area contributed by atoms with Crippen LogP contribution in [-0.4, -0.2) is 139 Å². The Bertz CT molecular complexity index is 1370. The van der Waals surface area contributed by atoms with Gasteiger partial charge in [-0.25, -0.2) is 0 Å². The molecule has 1 heterocycles. The van der Waals surface area contributed by atoms with E-state index in [1.807, 2.05) is 0 Å². The molecule has 298 valence electrons. The number of nitrogens with two attached hydrogens (primary N) is 3. The van der Waals surface area contributed by atoms with Gasteiger partial charge in [0.1, 0.15) is 30.7 Å². The van der Waals surface area contributed by atoms with Gasteiger partial charge in [-0.2, -0.15) is 0 Å². The van der Waals surface area contributed by atoms with E-state index in [0.29, 0.717) is 19.4 Å². The van der Waals surface area contributed by atoms with Gasteiger partial charge < -0.3 is 64.4 Å². The number of likely N-dealkylation sites (tertiary alicyclic amines) is 1. The minimum absolute atomic E-state index is 0.0381. The zero-order valence-corrected chi connectivity index (χ0v) is 30.5. The first-order chi connectivity index (χ1) is 24.9. The zero-order valence-electron chi connectivity index (χ0n) is 30.5. The van der Waals surface area contributed by atoms with E-state index >= 15 is 0 Å². The van der Waals surface area contributed by atoms with Crippen molar-refractivity contribution in [3.63, 3.8) is 0 Å². The second-order valence-corrected chi connectivity index (χ2v) is 12.9. The molecule has 0 saturated carbocycles. The van der Waals surface area contributed by atoms with Crippen molar-refractivity contribution in [2.75, 3.05) is 45.8 Å². The number of aliphatic carboxylic acids is 1. The molecule has 0 aromatic heterocycles. The van der Waals surface area contributed by atoms with Gasteiger partial charge in [0.15, 0.2) is 5.96 Å². The number of guanidine groups is 1. The van der Waals surface area contributed by atoms with Crippen LogP contribution in [0.3, 0.4) is 0 Å². The van der Waals surface area contributed by atoms with Crippen LogP contribution < -0.4 is 54.4 Å². The van der Waals surface area contributed by atoms with Gasteiger partial charge in [0.25, 0.3) is 0 Å². The third-order valence-corrected chi connectivity index (χ3v) is 7.87. The van der Waals surface area contributed by atoms with Crippen LogP contribution in [0.4, 0.5) is 0 Å². The van der Waals surface area contributed by atoms with Gasteiger partial charge in [-0.1, -0.05) is 27.7 Å². The summed E-state index contributed by atoms with van der Waals surface area (Å²) in [5, 5.41) is 25.5. The van der Waals surface area contributed by atoms with Crippen LogP contribution in [0.25, 0.3) is 0 Å². The number of nitrogens with zero attached hydrogens (tertiary/aromatic N) is 2. The standard InChI is InChI=1S/C31H54N12O10/c1-16(2)25(29(52)39-13-21(45)36-12-20(44)37-15-24(48)49)42-30(53)26(17(3)4)41-27(50)18(7-5-9-35-31(33)34)40-22(46)14-38-28(51)19-8-6-10-43(19)23(47)11-32/h16-19,25-26H,5-15,32H2,1-4H3,(H,36,45)(H,37,44)(H,38,51)(H,39,52)(H,40,46)(H,41,50)(H,42,53)(H,48,49)(H4,33,34,35). The topological polar surface area (TPSA) is 352 Å². The molecule has 0 bridgehead atoms. The average molecular weight is 755 g/mol. The Morgan fingerprint density at radius 3 is 1.85 bits per heavy atom. The Morgan fingerprint density at radius 1 is 0.736 bits per heavy atom. The highest BCUT2D eigenvalue weighted by Gasteiger charge is 2.35. The Morgan fingerprint density at radius 2 is 1.28 bits per heavy atom. The fourth-order valence-corrected chi connectivity index (χ4v) is 5.08. The average Bonchev–Trinajstić information content (AvgIpc) is 3.59. The Labute approximate surface area is 306 Å². The molecule has 53 heavy (non-hydrogen) atoms. The molecule has 0 spiro atoms. The van der Waals surface area contributed by atoms with E-state index in [0.717, 1.165) is 0 Å². The molecule has 0 radical (unpaired) electrons. The van der Waals surface area contributed by atoms with E-state index in [1.165, 1.54) is 4.90 Å². The number of carboxylic acid groups (broad SMARTS) is 1. The first kappa shape index (κ1) is 45.5. The first-order valence-electron chi connectivity index (χ1n) is 17.1. The van der Waals surface area contributed by atoms with Gasteiger partial charge in [-0.05, 0) is 37.5 Å². The molecular weight excluding hydrogens is 700 g/mol. The quantitative estimate of drug-likeness (QED) is 0.0279. The van der Waals surface area contributed by atoms with Crippen LogP contribution in [0.5, 0.6) is 0 Å². The molecule has 1 aliphatic rings. The van der Waals surface area contributed by atoms with E-state index < -0.39 is 115 Å². The maximum atomic E-state index is 13.5. The zero-order chi connectivity index (χ0) is 40.2. The number of carbonyl (C=O) groups excluding carboxylic acids is 8. The van der Waals surface area contributed by atoms with Gasteiger partial charge >= 0.3 is 5.97 Å². The smallest absolute Gasteiger partial charge is 0.322 e. The number of hydrogen-bond donors (Lipinski definition) is 11. The van der Waals surface area contributed by atoms with Crippen LogP contribution in [0.1, 0.15) is 53.4 Å². The number of rotatable bonds is 22. The molecule has 1 aliphatic heterocycles. The largest absolute Gasteiger partial charge is 0.480 e. The maximum absolute atomic E-state index is 13.5. The van der Waals surface area contributed by atoms with Crippen molar-refractivity contribution in [3.05, 3.63) is 0 Å². The lowest BCUT2D eigenvalue weighted by atomic mass is 9.99. The van der Waals surface area contributed by atoms with Crippen LogP contribution >= 0.6 is 0 Å². The molecular formula is C31H54N12O10. The minimum atomic E-state index is -1.27. The van der Waals surface area contributed by atoms with E-state index in [-0.39, 0.29) is 31.9 Å². The summed E-state index contributed by atoms with van der Waals surface area (Å²) < 4.78 is 0. The van der Waals surface area contributed by atoms with Crippen LogP contribution in [0.2, 0.25) is 0 Å². The van der Waals surface area contributed by atoms with Crippen molar-refractivity contribution in [2.45, 2.75) is 77.5 Å². The Hall–Kier alpha value is -5.54. The summed E-state index contributed by atoms with van der Waals surface area (Å²) in [5.41, 5.74) is 16.2. The number of hydrogen-bond acceptors (Lipinski definition) is 11. The lowest BCUT2D eigenvalue weighted by Crippen LogP contribution is -2.59. The summed E-state index contributed by atoms with van der Waals surface area (Å²) in [6.45, 7) is 4.59. The highest BCUT2D eigenvalue weighted by molar-refractivity contribution is 5.96. The third kappa shape index (κ3) is 17.0. The van der Waals surface area contributed by atoms with Crippen molar-refractivity contribution in [3.8, 4) is 0 Å². The van der Waals surface area contributed by atoms with E-state index in [1.54, 1.807) is 27.7 Å². The number of amides is 8. The highest BCUT2D eigenvalue weighted by atomic mass is 16.4. The summed E-state index contributed by atoms with van der Waals surface area (Å²) in [5.74, 6) is -7.78. The summed E-state index contributed by atoms with van der Waals surface area (Å²) in [6, 6.07) is -4.31. The molecule has 1 fully saturated rings. The maximum Gasteiger partial charge on any atom is 0.322 e. The highest BCUT2D eigenvalue weighted by Crippen LogP contribution is 2.17. The predicted octanol–water partition coefficient (Wildman–Crippen LogP) is -5.69.